The molecule has 0 saturated carbocycles. The van der Waals surface area contributed by atoms with Crippen molar-refractivity contribution in [3.05, 3.63) is 42.0 Å². The minimum absolute atomic E-state index is 0.211. The third kappa shape index (κ3) is 3.57. The average molecular weight is 274 g/mol. The maximum Gasteiger partial charge on any atom is 0.272 e. The number of aromatic nitrogens is 2. The van der Waals surface area contributed by atoms with Gasteiger partial charge in [0.05, 0.1) is 12.3 Å². The quantitative estimate of drug-likeness (QED) is 0.845. The molecule has 0 spiro atoms. The van der Waals surface area contributed by atoms with Crippen molar-refractivity contribution in [1.29, 1.82) is 0 Å². The standard InChI is InChI=1S/C14H18N4O2/c1-3-8-15-13-7-6-11(17-18-13)14(19)16-10(2)12-5-4-9-20-12/h4-7,9-10H,3,8H2,1-2H3,(H,15,18)(H,16,19). The molecule has 0 aliphatic carbocycles. The molecule has 0 fully saturated rings. The lowest BCUT2D eigenvalue weighted by Crippen LogP contribution is -2.27. The fraction of sp³-hybridized carbons (Fsp3) is 0.357. The third-order valence-corrected chi connectivity index (χ3v) is 2.77. The van der Waals surface area contributed by atoms with Crippen LogP contribution in [0, 0.1) is 0 Å². The number of carbonyl (C=O) groups excluding carboxylic acids is 1. The zero-order valence-electron chi connectivity index (χ0n) is 11.6. The van der Waals surface area contributed by atoms with E-state index < -0.39 is 0 Å². The summed E-state index contributed by atoms with van der Waals surface area (Å²) < 4.78 is 5.23. The van der Waals surface area contributed by atoms with Crippen molar-refractivity contribution in [2.24, 2.45) is 0 Å². The van der Waals surface area contributed by atoms with Crippen LogP contribution in [0.3, 0.4) is 0 Å². The molecular weight excluding hydrogens is 256 g/mol. The Hall–Kier alpha value is -2.37. The second kappa shape index (κ2) is 6.70. The zero-order chi connectivity index (χ0) is 14.4. The largest absolute Gasteiger partial charge is 0.467 e. The highest BCUT2D eigenvalue weighted by atomic mass is 16.3. The number of nitrogens with one attached hydrogen (secondary N) is 2. The number of rotatable bonds is 6. The van der Waals surface area contributed by atoms with E-state index in [2.05, 4.69) is 27.8 Å². The van der Waals surface area contributed by atoms with E-state index >= 15 is 0 Å². The summed E-state index contributed by atoms with van der Waals surface area (Å²) >= 11 is 0. The Labute approximate surface area is 117 Å². The summed E-state index contributed by atoms with van der Waals surface area (Å²) in [7, 11) is 0. The van der Waals surface area contributed by atoms with Crippen LogP contribution in [-0.2, 0) is 0 Å². The first-order chi connectivity index (χ1) is 9.70. The first-order valence-electron chi connectivity index (χ1n) is 6.62. The molecule has 0 bridgehead atoms. The SMILES string of the molecule is CCCNc1ccc(C(=O)NC(C)c2ccco2)nn1. The van der Waals surface area contributed by atoms with E-state index in [1.807, 2.05) is 13.0 Å². The number of furan rings is 1. The summed E-state index contributed by atoms with van der Waals surface area (Å²) in [4.78, 5) is 12.0. The first kappa shape index (κ1) is 14.0. The van der Waals surface area contributed by atoms with Gasteiger partial charge in [0, 0.05) is 6.54 Å². The second-order valence-electron chi connectivity index (χ2n) is 4.44. The molecule has 0 saturated heterocycles. The van der Waals surface area contributed by atoms with Crippen LogP contribution in [0.4, 0.5) is 5.82 Å². The van der Waals surface area contributed by atoms with Gasteiger partial charge in [-0.1, -0.05) is 6.92 Å². The molecule has 2 N–H and O–H groups in total. The van der Waals surface area contributed by atoms with Gasteiger partial charge in [-0.2, -0.15) is 0 Å². The highest BCUT2D eigenvalue weighted by Gasteiger charge is 2.14. The molecule has 6 heteroatoms. The van der Waals surface area contributed by atoms with E-state index in [1.165, 1.54) is 0 Å². The molecule has 0 aliphatic rings. The van der Waals surface area contributed by atoms with Crippen molar-refractivity contribution >= 4 is 11.7 Å². The maximum atomic E-state index is 12.0. The molecule has 1 amide bonds. The number of carbonyl (C=O) groups is 1. The van der Waals surface area contributed by atoms with Crippen molar-refractivity contribution in [2.75, 3.05) is 11.9 Å². The van der Waals surface area contributed by atoms with E-state index in [1.54, 1.807) is 24.5 Å². The lowest BCUT2D eigenvalue weighted by molar-refractivity contribution is 0.0929. The van der Waals surface area contributed by atoms with Gasteiger partial charge in [0.1, 0.15) is 11.6 Å². The van der Waals surface area contributed by atoms with Crippen LogP contribution in [0.25, 0.3) is 0 Å². The van der Waals surface area contributed by atoms with Gasteiger partial charge in [-0.3, -0.25) is 4.79 Å². The topological polar surface area (TPSA) is 80.0 Å². The molecule has 0 radical (unpaired) electrons. The minimum atomic E-state index is -0.275. The van der Waals surface area contributed by atoms with E-state index in [-0.39, 0.29) is 17.6 Å². The molecule has 6 nitrogen and oxygen atoms in total. The molecule has 1 unspecified atom stereocenters. The molecule has 0 aliphatic heterocycles. The lowest BCUT2D eigenvalue weighted by atomic mass is 10.2. The van der Waals surface area contributed by atoms with Crippen molar-refractivity contribution in [1.82, 2.24) is 15.5 Å². The fourth-order valence-corrected chi connectivity index (χ4v) is 1.68. The summed E-state index contributed by atoms with van der Waals surface area (Å²) in [6.45, 7) is 4.75. The van der Waals surface area contributed by atoms with Crippen molar-refractivity contribution in [3.63, 3.8) is 0 Å². The molecule has 2 heterocycles. The molecule has 1 atom stereocenters. The van der Waals surface area contributed by atoms with Crippen LogP contribution >= 0.6 is 0 Å². The third-order valence-electron chi connectivity index (χ3n) is 2.77. The molecule has 2 aromatic heterocycles. The van der Waals surface area contributed by atoms with E-state index in [0.717, 1.165) is 13.0 Å². The Morgan fingerprint density at radius 1 is 1.35 bits per heavy atom. The Morgan fingerprint density at radius 2 is 2.20 bits per heavy atom. The lowest BCUT2D eigenvalue weighted by Gasteiger charge is -2.10. The van der Waals surface area contributed by atoms with Gasteiger partial charge >= 0.3 is 0 Å². The number of hydrogen-bond acceptors (Lipinski definition) is 5. The molecule has 20 heavy (non-hydrogen) atoms. The zero-order valence-corrected chi connectivity index (χ0v) is 11.6. The van der Waals surface area contributed by atoms with Gasteiger partial charge in [0.2, 0.25) is 0 Å². The predicted octanol–water partition coefficient (Wildman–Crippen LogP) is 2.38. The van der Waals surface area contributed by atoms with Crippen LogP contribution in [0.15, 0.2) is 34.9 Å². The van der Waals surface area contributed by atoms with Crippen LogP contribution in [-0.4, -0.2) is 22.6 Å². The Balaban J connectivity index is 1.95. The number of hydrogen-bond donors (Lipinski definition) is 2. The minimum Gasteiger partial charge on any atom is -0.467 e. The van der Waals surface area contributed by atoms with Gasteiger partial charge < -0.3 is 15.1 Å². The van der Waals surface area contributed by atoms with E-state index in [4.69, 9.17) is 4.42 Å². The summed E-state index contributed by atoms with van der Waals surface area (Å²) in [5.74, 6) is 1.10. The van der Waals surface area contributed by atoms with E-state index in [0.29, 0.717) is 11.6 Å². The molecular formula is C14H18N4O2. The van der Waals surface area contributed by atoms with Crippen molar-refractivity contribution in [3.8, 4) is 0 Å². The highest BCUT2D eigenvalue weighted by Crippen LogP contribution is 2.13. The van der Waals surface area contributed by atoms with E-state index in [9.17, 15) is 4.79 Å². The molecule has 2 aromatic rings. The van der Waals surface area contributed by atoms with Crippen LogP contribution in [0.1, 0.15) is 42.6 Å². The molecule has 106 valence electrons. The van der Waals surface area contributed by atoms with Gasteiger partial charge in [0.25, 0.3) is 5.91 Å². The van der Waals surface area contributed by atoms with Crippen molar-refractivity contribution < 1.29 is 9.21 Å². The normalized spacial score (nSPS) is 11.9. The van der Waals surface area contributed by atoms with Crippen LogP contribution in [0.5, 0.6) is 0 Å². The Kier molecular flexibility index (Phi) is 4.70. The monoisotopic (exact) mass is 274 g/mol. The summed E-state index contributed by atoms with van der Waals surface area (Å²) in [5, 5.41) is 13.8. The average Bonchev–Trinajstić information content (AvgIpc) is 3.00. The van der Waals surface area contributed by atoms with Gasteiger partial charge in [-0.25, -0.2) is 0 Å². The Bertz CT molecular complexity index is 537. The summed E-state index contributed by atoms with van der Waals surface area (Å²) in [6, 6.07) is 6.78. The van der Waals surface area contributed by atoms with Crippen LogP contribution < -0.4 is 10.6 Å². The van der Waals surface area contributed by atoms with Crippen molar-refractivity contribution in [2.45, 2.75) is 26.3 Å². The number of anilines is 1. The second-order valence-corrected chi connectivity index (χ2v) is 4.44. The maximum absolute atomic E-state index is 12.0. The smallest absolute Gasteiger partial charge is 0.272 e. The summed E-state index contributed by atoms with van der Waals surface area (Å²) in [5.41, 5.74) is 0.283. The molecule has 2 rings (SSSR count). The van der Waals surface area contributed by atoms with Gasteiger partial charge in [-0.05, 0) is 37.6 Å². The summed E-state index contributed by atoms with van der Waals surface area (Å²) in [6.07, 6.45) is 2.58. The van der Waals surface area contributed by atoms with Crippen LogP contribution in [0.2, 0.25) is 0 Å². The number of nitrogens with zero attached hydrogens (tertiary/aromatic N) is 2. The van der Waals surface area contributed by atoms with Gasteiger partial charge in [-0.15, -0.1) is 10.2 Å². The Morgan fingerprint density at radius 3 is 2.80 bits per heavy atom. The first-order valence-corrected chi connectivity index (χ1v) is 6.62. The molecule has 0 aromatic carbocycles. The number of amides is 1. The fourth-order valence-electron chi connectivity index (χ4n) is 1.68. The van der Waals surface area contributed by atoms with Gasteiger partial charge in [0.15, 0.2) is 5.69 Å². The highest BCUT2D eigenvalue weighted by molar-refractivity contribution is 5.92. The predicted molar refractivity (Wildman–Crippen MR) is 75.4 cm³/mol.